The monoisotopic (exact) mass is 225 g/mol. The zero-order valence-corrected chi connectivity index (χ0v) is 11.1. The second-order valence-electron chi connectivity index (χ2n) is 3.48. The number of hydrogen-bond donors (Lipinski definition) is 1. The Labute approximate surface area is 101 Å². The summed E-state index contributed by atoms with van der Waals surface area (Å²) in [7, 11) is 0. The third kappa shape index (κ3) is 8.62. The van der Waals surface area contributed by atoms with Gasteiger partial charge >= 0.3 is 0 Å². The van der Waals surface area contributed by atoms with Crippen LogP contribution in [0.1, 0.15) is 27.2 Å². The standard InChI is InChI=1S/C11H21N3.C2H6/c1-2-3-4-5-12-6-9-14-10-7-13-8-11-14;1-2/h3-5,13H,2,6-11H2,1H3;1-2H3/b4-3-,12-5?;. The van der Waals surface area contributed by atoms with Gasteiger partial charge in [-0.15, -0.1) is 0 Å². The van der Waals surface area contributed by atoms with E-state index in [4.69, 9.17) is 0 Å². The topological polar surface area (TPSA) is 27.6 Å². The minimum atomic E-state index is 0.925. The number of allylic oxidation sites excluding steroid dienone is 2. The smallest absolute Gasteiger partial charge is 0.0516 e. The molecule has 0 aliphatic carbocycles. The van der Waals surface area contributed by atoms with Gasteiger partial charge in [0.25, 0.3) is 0 Å². The fourth-order valence-corrected chi connectivity index (χ4v) is 1.47. The molecule has 1 aliphatic rings. The van der Waals surface area contributed by atoms with Gasteiger partial charge in [-0.2, -0.15) is 0 Å². The highest BCUT2D eigenvalue weighted by Gasteiger charge is 2.07. The van der Waals surface area contributed by atoms with E-state index in [1.165, 1.54) is 13.1 Å². The Morgan fingerprint density at radius 1 is 1.25 bits per heavy atom. The van der Waals surface area contributed by atoms with Crippen LogP contribution in [0.25, 0.3) is 0 Å². The van der Waals surface area contributed by atoms with Gasteiger partial charge in [0, 0.05) is 38.9 Å². The number of rotatable bonds is 5. The van der Waals surface area contributed by atoms with Crippen LogP contribution in [0.4, 0.5) is 0 Å². The van der Waals surface area contributed by atoms with Crippen molar-refractivity contribution in [2.45, 2.75) is 27.2 Å². The Hall–Kier alpha value is -0.670. The van der Waals surface area contributed by atoms with Crippen LogP contribution in [0, 0.1) is 0 Å². The Kier molecular flexibility index (Phi) is 11.9. The summed E-state index contributed by atoms with van der Waals surface area (Å²) in [6.45, 7) is 12.7. The first-order valence-corrected chi connectivity index (χ1v) is 6.51. The second-order valence-corrected chi connectivity index (χ2v) is 3.48. The van der Waals surface area contributed by atoms with Crippen LogP contribution in [0.3, 0.4) is 0 Å². The van der Waals surface area contributed by atoms with Crippen molar-refractivity contribution in [3.05, 3.63) is 12.2 Å². The molecule has 3 heteroatoms. The van der Waals surface area contributed by atoms with E-state index in [0.29, 0.717) is 0 Å². The van der Waals surface area contributed by atoms with Gasteiger partial charge in [-0.3, -0.25) is 9.89 Å². The van der Waals surface area contributed by atoms with Crippen molar-refractivity contribution < 1.29 is 0 Å². The third-order valence-corrected chi connectivity index (χ3v) is 2.32. The van der Waals surface area contributed by atoms with Crippen molar-refractivity contribution in [3.63, 3.8) is 0 Å². The Bertz CT molecular complexity index is 182. The molecule has 1 saturated heterocycles. The van der Waals surface area contributed by atoms with Gasteiger partial charge in [-0.05, 0) is 12.5 Å². The van der Waals surface area contributed by atoms with Crippen molar-refractivity contribution >= 4 is 6.21 Å². The molecule has 16 heavy (non-hydrogen) atoms. The number of piperazine rings is 1. The third-order valence-electron chi connectivity index (χ3n) is 2.32. The summed E-state index contributed by atoms with van der Waals surface area (Å²) in [6.07, 6.45) is 7.14. The maximum Gasteiger partial charge on any atom is 0.0516 e. The van der Waals surface area contributed by atoms with Crippen molar-refractivity contribution in [1.29, 1.82) is 0 Å². The molecule has 0 saturated carbocycles. The highest BCUT2D eigenvalue weighted by molar-refractivity contribution is 5.70. The molecule has 0 spiro atoms. The molecule has 3 nitrogen and oxygen atoms in total. The zero-order valence-electron chi connectivity index (χ0n) is 11.1. The molecule has 0 amide bonds. The summed E-state index contributed by atoms with van der Waals surface area (Å²) in [5.41, 5.74) is 0. The molecule has 1 aliphatic heterocycles. The molecule has 0 radical (unpaired) electrons. The van der Waals surface area contributed by atoms with E-state index in [9.17, 15) is 0 Å². The largest absolute Gasteiger partial charge is 0.314 e. The molecule has 0 atom stereocenters. The van der Waals surface area contributed by atoms with Crippen LogP contribution >= 0.6 is 0 Å². The number of nitrogens with one attached hydrogen (secondary N) is 1. The fraction of sp³-hybridized carbons (Fsp3) is 0.769. The van der Waals surface area contributed by atoms with E-state index < -0.39 is 0 Å². The van der Waals surface area contributed by atoms with Gasteiger partial charge in [-0.25, -0.2) is 0 Å². The molecule has 1 rings (SSSR count). The average molecular weight is 225 g/mol. The predicted octanol–water partition coefficient (Wildman–Crippen LogP) is 1.95. The highest BCUT2D eigenvalue weighted by atomic mass is 15.2. The van der Waals surface area contributed by atoms with Crippen LogP contribution in [0.5, 0.6) is 0 Å². The van der Waals surface area contributed by atoms with Crippen LogP contribution in [-0.2, 0) is 0 Å². The summed E-state index contributed by atoms with van der Waals surface area (Å²) in [5, 5.41) is 3.34. The van der Waals surface area contributed by atoms with E-state index in [-0.39, 0.29) is 0 Å². The summed E-state index contributed by atoms with van der Waals surface area (Å²) in [6, 6.07) is 0. The number of aliphatic imine (C=N–C) groups is 1. The van der Waals surface area contributed by atoms with Gasteiger partial charge in [-0.1, -0.05) is 26.8 Å². The lowest BCUT2D eigenvalue weighted by molar-refractivity contribution is 0.248. The predicted molar refractivity (Wildman–Crippen MR) is 73.4 cm³/mol. The maximum absolute atomic E-state index is 4.33. The van der Waals surface area contributed by atoms with Crippen molar-refractivity contribution in [3.8, 4) is 0 Å². The average Bonchev–Trinajstić information content (AvgIpc) is 2.37. The van der Waals surface area contributed by atoms with Crippen molar-refractivity contribution in [2.75, 3.05) is 39.3 Å². The van der Waals surface area contributed by atoms with Crippen LogP contribution in [0.15, 0.2) is 17.1 Å². The lowest BCUT2D eigenvalue weighted by Gasteiger charge is -2.26. The van der Waals surface area contributed by atoms with Gasteiger partial charge < -0.3 is 5.32 Å². The molecule has 0 aromatic heterocycles. The van der Waals surface area contributed by atoms with E-state index in [1.54, 1.807) is 0 Å². The highest BCUT2D eigenvalue weighted by Crippen LogP contribution is 1.90. The molecular formula is C13H27N3. The van der Waals surface area contributed by atoms with Crippen LogP contribution < -0.4 is 5.32 Å². The molecule has 94 valence electrons. The van der Waals surface area contributed by atoms with E-state index in [1.807, 2.05) is 26.1 Å². The quantitative estimate of drug-likeness (QED) is 0.724. The molecule has 0 unspecified atom stereocenters. The zero-order chi connectivity index (χ0) is 12.1. The fourth-order valence-electron chi connectivity index (χ4n) is 1.47. The first-order chi connectivity index (χ1) is 7.93. The van der Waals surface area contributed by atoms with E-state index in [0.717, 1.165) is 32.6 Å². The summed E-state index contributed by atoms with van der Waals surface area (Å²) in [5.74, 6) is 0. The molecule has 0 aromatic carbocycles. The Morgan fingerprint density at radius 2 is 1.94 bits per heavy atom. The normalized spacial score (nSPS) is 17.7. The lowest BCUT2D eigenvalue weighted by atomic mass is 10.3. The first-order valence-electron chi connectivity index (χ1n) is 6.51. The Balaban J connectivity index is 0.00000106. The second kappa shape index (κ2) is 12.4. The molecule has 0 aromatic rings. The van der Waals surface area contributed by atoms with E-state index >= 15 is 0 Å². The van der Waals surface area contributed by atoms with Gasteiger partial charge in [0.2, 0.25) is 0 Å². The minimum Gasteiger partial charge on any atom is -0.314 e. The molecule has 0 bridgehead atoms. The van der Waals surface area contributed by atoms with Crippen molar-refractivity contribution in [1.82, 2.24) is 10.2 Å². The molecule has 1 N–H and O–H groups in total. The van der Waals surface area contributed by atoms with Crippen LogP contribution in [0.2, 0.25) is 0 Å². The molecule has 1 fully saturated rings. The minimum absolute atomic E-state index is 0.925. The maximum atomic E-state index is 4.33. The van der Waals surface area contributed by atoms with Gasteiger partial charge in [0.05, 0.1) is 6.54 Å². The summed E-state index contributed by atoms with van der Waals surface area (Å²) < 4.78 is 0. The number of hydrogen-bond acceptors (Lipinski definition) is 3. The molecular weight excluding hydrogens is 198 g/mol. The van der Waals surface area contributed by atoms with E-state index in [2.05, 4.69) is 28.2 Å². The van der Waals surface area contributed by atoms with Crippen molar-refractivity contribution in [2.24, 2.45) is 4.99 Å². The van der Waals surface area contributed by atoms with Gasteiger partial charge in [0.15, 0.2) is 0 Å². The summed E-state index contributed by atoms with van der Waals surface area (Å²) >= 11 is 0. The van der Waals surface area contributed by atoms with Gasteiger partial charge in [0.1, 0.15) is 0 Å². The summed E-state index contributed by atoms with van der Waals surface area (Å²) in [4.78, 5) is 6.78. The van der Waals surface area contributed by atoms with Crippen LogP contribution in [-0.4, -0.2) is 50.4 Å². The lowest BCUT2D eigenvalue weighted by Crippen LogP contribution is -2.44. The Morgan fingerprint density at radius 3 is 2.56 bits per heavy atom. The number of nitrogens with zero attached hydrogens (tertiary/aromatic N) is 2. The first kappa shape index (κ1) is 15.3. The molecule has 1 heterocycles. The SMILES string of the molecule is CC.CC/C=C\C=NCCN1CCNCC1.